The quantitative estimate of drug-likeness (QED) is 0.631. The summed E-state index contributed by atoms with van der Waals surface area (Å²) in [5.74, 6) is 0.780. The van der Waals surface area contributed by atoms with Crippen molar-refractivity contribution in [1.29, 1.82) is 0 Å². The minimum Gasteiger partial charge on any atom is -0.352 e. The summed E-state index contributed by atoms with van der Waals surface area (Å²) in [6.07, 6.45) is 1.83. The Balaban J connectivity index is 1.41. The first kappa shape index (κ1) is 20.2. The van der Waals surface area contributed by atoms with E-state index in [2.05, 4.69) is 28.2 Å². The Hall–Kier alpha value is -2.77. The van der Waals surface area contributed by atoms with Gasteiger partial charge in [-0.3, -0.25) is 4.90 Å². The predicted molar refractivity (Wildman–Crippen MR) is 125 cm³/mol. The molecule has 160 valence electrons. The monoisotopic (exact) mass is 435 g/mol. The fourth-order valence-electron chi connectivity index (χ4n) is 4.33. The van der Waals surface area contributed by atoms with E-state index in [4.69, 9.17) is 9.98 Å². The van der Waals surface area contributed by atoms with E-state index in [1.54, 1.807) is 23.5 Å². The van der Waals surface area contributed by atoms with Crippen molar-refractivity contribution in [3.8, 4) is 0 Å². The zero-order valence-electron chi connectivity index (χ0n) is 17.8. The molecule has 3 heterocycles. The van der Waals surface area contributed by atoms with Gasteiger partial charge in [-0.1, -0.05) is 24.3 Å². The maximum absolute atomic E-state index is 13.6. The van der Waals surface area contributed by atoms with Gasteiger partial charge in [0.05, 0.1) is 16.4 Å². The Morgan fingerprint density at radius 2 is 2.03 bits per heavy atom. The van der Waals surface area contributed by atoms with Crippen molar-refractivity contribution in [3.05, 3.63) is 70.6 Å². The van der Waals surface area contributed by atoms with Gasteiger partial charge < -0.3 is 10.2 Å². The molecule has 0 amide bonds. The number of halogens is 1. The van der Waals surface area contributed by atoms with Gasteiger partial charge in [-0.25, -0.2) is 14.4 Å². The van der Waals surface area contributed by atoms with Crippen LogP contribution in [0.3, 0.4) is 0 Å². The van der Waals surface area contributed by atoms with Crippen LogP contribution in [-0.2, 0) is 6.42 Å². The molecule has 1 atom stereocenters. The molecule has 1 fully saturated rings. The number of hydrogen-bond acceptors (Lipinski definition) is 6. The minimum atomic E-state index is -0.165. The molecule has 0 bridgehead atoms. The first-order valence-electron chi connectivity index (χ1n) is 10.7. The van der Waals surface area contributed by atoms with Crippen molar-refractivity contribution in [3.63, 3.8) is 0 Å². The van der Waals surface area contributed by atoms with E-state index in [-0.39, 0.29) is 5.82 Å². The van der Waals surface area contributed by atoms with E-state index in [1.807, 2.05) is 31.2 Å². The van der Waals surface area contributed by atoms with Crippen molar-refractivity contribution in [2.45, 2.75) is 25.8 Å². The molecule has 5 nitrogen and oxygen atoms in total. The van der Waals surface area contributed by atoms with Crippen molar-refractivity contribution >= 4 is 33.5 Å². The van der Waals surface area contributed by atoms with Crippen LogP contribution in [0, 0.1) is 12.7 Å². The Morgan fingerprint density at radius 3 is 2.90 bits per heavy atom. The van der Waals surface area contributed by atoms with Crippen LogP contribution in [0.15, 0.2) is 53.5 Å². The minimum absolute atomic E-state index is 0.165. The third kappa shape index (κ3) is 4.20. The van der Waals surface area contributed by atoms with Crippen LogP contribution in [-0.4, -0.2) is 53.3 Å². The zero-order chi connectivity index (χ0) is 21.4. The third-order valence-corrected chi connectivity index (χ3v) is 6.94. The second-order valence-corrected chi connectivity index (χ2v) is 9.44. The van der Waals surface area contributed by atoms with Crippen molar-refractivity contribution in [2.24, 2.45) is 4.99 Å². The Morgan fingerprint density at radius 1 is 1.16 bits per heavy atom. The fourth-order valence-corrected chi connectivity index (χ4v) is 5.15. The van der Waals surface area contributed by atoms with E-state index < -0.39 is 0 Å². The summed E-state index contributed by atoms with van der Waals surface area (Å²) in [6.45, 7) is 4.78. The van der Waals surface area contributed by atoms with Gasteiger partial charge >= 0.3 is 0 Å². The summed E-state index contributed by atoms with van der Waals surface area (Å²) in [4.78, 5) is 14.7. The molecule has 1 unspecified atom stereocenters. The molecule has 2 aliphatic rings. The highest BCUT2D eigenvalue weighted by Gasteiger charge is 2.30. The molecule has 3 aromatic rings. The van der Waals surface area contributed by atoms with Gasteiger partial charge in [0.25, 0.3) is 0 Å². The summed E-state index contributed by atoms with van der Waals surface area (Å²) >= 11 is 1.67. The molecular weight excluding hydrogens is 409 g/mol. The number of para-hydroxylation sites is 2. The number of anilines is 2. The lowest BCUT2D eigenvalue weighted by Gasteiger charge is -2.40. The number of aryl methyl sites for hydroxylation is 2. The predicted octanol–water partition coefficient (Wildman–Crippen LogP) is 4.97. The van der Waals surface area contributed by atoms with E-state index in [1.165, 1.54) is 6.07 Å². The fraction of sp³-hybridized carbons (Fsp3) is 0.333. The molecule has 31 heavy (non-hydrogen) atoms. The Labute approximate surface area is 186 Å². The molecule has 0 saturated carbocycles. The standard InChI is InChI=1S/C24H26FN5S/c1-16-26-22-23(27-20-8-3-4-9-21(20)28-24(22)31-16)30-13-12-29(2)19(15-30)11-10-17-6-5-7-18(25)14-17/h3-9,14,19,28H,10-13,15H2,1-2H3. The van der Waals surface area contributed by atoms with Crippen molar-refractivity contribution in [1.82, 2.24) is 14.8 Å². The average molecular weight is 436 g/mol. The maximum Gasteiger partial charge on any atom is 0.158 e. The van der Waals surface area contributed by atoms with Crippen LogP contribution in [0.4, 0.5) is 20.8 Å². The third-order valence-electron chi connectivity index (χ3n) is 6.06. The number of nitrogens with zero attached hydrogens (tertiary/aromatic N) is 4. The van der Waals surface area contributed by atoms with Crippen LogP contribution < -0.4 is 5.32 Å². The smallest absolute Gasteiger partial charge is 0.158 e. The Bertz CT molecular complexity index is 1120. The van der Waals surface area contributed by atoms with Crippen molar-refractivity contribution in [2.75, 3.05) is 32.0 Å². The maximum atomic E-state index is 13.6. The summed E-state index contributed by atoms with van der Waals surface area (Å²) in [5.41, 5.74) is 3.94. The highest BCUT2D eigenvalue weighted by atomic mass is 32.1. The lowest BCUT2D eigenvalue weighted by molar-refractivity contribution is 0.134. The average Bonchev–Trinajstić information content (AvgIpc) is 3.05. The van der Waals surface area contributed by atoms with Crippen LogP contribution in [0.2, 0.25) is 0 Å². The van der Waals surface area contributed by atoms with Gasteiger partial charge in [-0.05, 0) is 56.6 Å². The number of hydrogen-bond donors (Lipinski definition) is 1. The number of aromatic nitrogens is 1. The summed E-state index contributed by atoms with van der Waals surface area (Å²) in [6, 6.07) is 15.5. The number of likely N-dealkylation sites (N-methyl/N-ethyl adjacent to an activating group) is 1. The van der Waals surface area contributed by atoms with Gasteiger partial charge in [0.1, 0.15) is 16.5 Å². The number of fused-ring (bicyclic) bond motifs is 2. The molecule has 1 N–H and O–H groups in total. The van der Waals surface area contributed by atoms with E-state index in [9.17, 15) is 4.39 Å². The second kappa shape index (κ2) is 8.40. The zero-order valence-corrected chi connectivity index (χ0v) is 18.6. The van der Waals surface area contributed by atoms with E-state index in [0.717, 1.165) is 71.0 Å². The molecule has 0 spiro atoms. The number of nitrogens with one attached hydrogen (secondary N) is 1. The number of rotatable bonds is 3. The van der Waals surface area contributed by atoms with Gasteiger partial charge in [0.15, 0.2) is 5.84 Å². The molecule has 5 rings (SSSR count). The van der Waals surface area contributed by atoms with Gasteiger partial charge in [-0.2, -0.15) is 0 Å². The van der Waals surface area contributed by atoms with Gasteiger partial charge in [-0.15, -0.1) is 11.3 Å². The molecule has 1 aromatic heterocycles. The number of amidine groups is 1. The second-order valence-electron chi connectivity index (χ2n) is 8.24. The molecule has 7 heteroatoms. The van der Waals surface area contributed by atoms with Gasteiger partial charge in [0, 0.05) is 25.7 Å². The first-order chi connectivity index (χ1) is 15.1. The van der Waals surface area contributed by atoms with Crippen LogP contribution in [0.25, 0.3) is 0 Å². The summed E-state index contributed by atoms with van der Waals surface area (Å²) in [5, 5.41) is 5.61. The molecule has 2 aromatic carbocycles. The summed E-state index contributed by atoms with van der Waals surface area (Å²) in [7, 11) is 2.18. The molecule has 1 saturated heterocycles. The van der Waals surface area contributed by atoms with Gasteiger partial charge in [0.2, 0.25) is 0 Å². The topological polar surface area (TPSA) is 43.8 Å². The lowest BCUT2D eigenvalue weighted by atomic mass is 10.0. The van der Waals surface area contributed by atoms with Crippen LogP contribution in [0.1, 0.15) is 22.7 Å². The van der Waals surface area contributed by atoms with Crippen LogP contribution >= 0.6 is 11.3 Å². The normalized spacial score (nSPS) is 18.6. The van der Waals surface area contributed by atoms with Crippen LogP contribution in [0.5, 0.6) is 0 Å². The summed E-state index contributed by atoms with van der Waals surface area (Å²) < 4.78 is 13.6. The van der Waals surface area contributed by atoms with E-state index >= 15 is 0 Å². The largest absolute Gasteiger partial charge is 0.352 e. The lowest BCUT2D eigenvalue weighted by Crippen LogP contribution is -2.53. The Kier molecular flexibility index (Phi) is 5.46. The molecule has 2 aliphatic heterocycles. The first-order valence-corrected chi connectivity index (χ1v) is 11.5. The van der Waals surface area contributed by atoms with Crippen molar-refractivity contribution < 1.29 is 4.39 Å². The number of piperazine rings is 1. The van der Waals surface area contributed by atoms with E-state index in [0.29, 0.717) is 6.04 Å². The number of benzene rings is 2. The molecule has 0 radical (unpaired) electrons. The molecular formula is C24H26FN5S. The highest BCUT2D eigenvalue weighted by molar-refractivity contribution is 7.16. The molecule has 0 aliphatic carbocycles. The highest BCUT2D eigenvalue weighted by Crippen LogP contribution is 2.37. The number of thiazole rings is 1. The SMILES string of the molecule is Cc1nc2c(s1)Nc1ccccc1N=C2N1CCN(C)C(CCc2cccc(F)c2)C1. The number of aliphatic imine (C=N–C) groups is 1.